The molecule has 0 aliphatic rings. The standard InChI is InChI=1S/C22H23ClN2O2S/c1-15(2)16-5-9-20(10-6-16)27-13-21(26)24-12-11-19-14-28-22(25-19)17-3-7-18(23)8-4-17/h3-10,14-15H,11-13H2,1-2H3,(H,24,26). The zero-order valence-corrected chi connectivity index (χ0v) is 17.5. The number of ether oxygens (including phenoxy) is 1. The van der Waals surface area contributed by atoms with Crippen molar-refractivity contribution in [1.29, 1.82) is 0 Å². The number of thiazole rings is 1. The van der Waals surface area contributed by atoms with Gasteiger partial charge in [0, 0.05) is 28.9 Å². The van der Waals surface area contributed by atoms with Gasteiger partial charge in [-0.3, -0.25) is 4.79 Å². The normalized spacial score (nSPS) is 10.9. The van der Waals surface area contributed by atoms with Crippen LogP contribution in [0.2, 0.25) is 5.02 Å². The highest BCUT2D eigenvalue weighted by Crippen LogP contribution is 2.25. The summed E-state index contributed by atoms with van der Waals surface area (Å²) in [6.07, 6.45) is 0.679. The first-order valence-electron chi connectivity index (χ1n) is 9.21. The molecular weight excluding hydrogens is 392 g/mol. The number of benzene rings is 2. The fraction of sp³-hybridized carbons (Fsp3) is 0.273. The fourth-order valence-corrected chi connectivity index (χ4v) is 3.61. The molecule has 1 amide bonds. The van der Waals surface area contributed by atoms with Crippen LogP contribution in [0.5, 0.6) is 5.75 Å². The second-order valence-electron chi connectivity index (χ2n) is 6.76. The van der Waals surface area contributed by atoms with E-state index < -0.39 is 0 Å². The summed E-state index contributed by atoms with van der Waals surface area (Å²) in [6.45, 7) is 4.82. The van der Waals surface area contributed by atoms with Crippen molar-refractivity contribution in [3.8, 4) is 16.3 Å². The van der Waals surface area contributed by atoms with Gasteiger partial charge >= 0.3 is 0 Å². The molecule has 2 aromatic carbocycles. The Balaban J connectivity index is 1.41. The maximum atomic E-state index is 12.0. The highest BCUT2D eigenvalue weighted by molar-refractivity contribution is 7.13. The predicted molar refractivity (Wildman–Crippen MR) is 115 cm³/mol. The SMILES string of the molecule is CC(C)c1ccc(OCC(=O)NCCc2csc(-c3ccc(Cl)cc3)n2)cc1. The van der Waals surface area contributed by atoms with Crippen molar-refractivity contribution in [2.75, 3.05) is 13.2 Å². The van der Waals surface area contributed by atoms with Crippen LogP contribution in [0.3, 0.4) is 0 Å². The van der Waals surface area contributed by atoms with Gasteiger partial charge in [0.25, 0.3) is 5.91 Å². The first-order chi connectivity index (χ1) is 13.5. The number of aromatic nitrogens is 1. The van der Waals surface area contributed by atoms with Crippen LogP contribution in [0.4, 0.5) is 0 Å². The Kier molecular flexibility index (Phi) is 7.06. The summed E-state index contributed by atoms with van der Waals surface area (Å²) in [7, 11) is 0. The number of rotatable bonds is 8. The summed E-state index contributed by atoms with van der Waals surface area (Å²) >= 11 is 7.51. The first kappa shape index (κ1) is 20.4. The van der Waals surface area contributed by atoms with E-state index in [1.165, 1.54) is 5.56 Å². The van der Waals surface area contributed by atoms with Gasteiger partial charge in [0.2, 0.25) is 0 Å². The van der Waals surface area contributed by atoms with Crippen LogP contribution < -0.4 is 10.1 Å². The minimum absolute atomic E-state index is 0.00805. The Morgan fingerprint density at radius 3 is 2.54 bits per heavy atom. The molecule has 3 rings (SSSR count). The van der Waals surface area contributed by atoms with Crippen LogP contribution >= 0.6 is 22.9 Å². The number of hydrogen-bond donors (Lipinski definition) is 1. The van der Waals surface area contributed by atoms with E-state index in [1.807, 2.05) is 53.9 Å². The van der Waals surface area contributed by atoms with Crippen LogP contribution in [0.15, 0.2) is 53.9 Å². The molecule has 0 fully saturated rings. The summed E-state index contributed by atoms with van der Waals surface area (Å²) in [6, 6.07) is 15.5. The van der Waals surface area contributed by atoms with Gasteiger partial charge in [0.1, 0.15) is 10.8 Å². The van der Waals surface area contributed by atoms with Gasteiger partial charge < -0.3 is 10.1 Å². The minimum atomic E-state index is -0.138. The Bertz CT molecular complexity index is 905. The lowest BCUT2D eigenvalue weighted by Gasteiger charge is -2.09. The highest BCUT2D eigenvalue weighted by atomic mass is 35.5. The number of nitrogens with one attached hydrogen (secondary N) is 1. The fourth-order valence-electron chi connectivity index (χ4n) is 2.63. The van der Waals surface area contributed by atoms with E-state index in [9.17, 15) is 4.79 Å². The lowest BCUT2D eigenvalue weighted by atomic mass is 10.0. The van der Waals surface area contributed by atoms with Crippen molar-refractivity contribution >= 4 is 28.8 Å². The Labute approximate surface area is 174 Å². The molecule has 1 N–H and O–H groups in total. The molecule has 3 aromatic rings. The van der Waals surface area contributed by atoms with Crippen LogP contribution in [-0.2, 0) is 11.2 Å². The van der Waals surface area contributed by atoms with Crippen LogP contribution in [0, 0.1) is 0 Å². The molecule has 4 nitrogen and oxygen atoms in total. The van der Waals surface area contributed by atoms with E-state index >= 15 is 0 Å². The molecule has 0 unspecified atom stereocenters. The zero-order valence-electron chi connectivity index (χ0n) is 15.9. The molecule has 28 heavy (non-hydrogen) atoms. The monoisotopic (exact) mass is 414 g/mol. The first-order valence-corrected chi connectivity index (χ1v) is 10.5. The van der Waals surface area contributed by atoms with Crippen molar-refractivity contribution in [2.45, 2.75) is 26.2 Å². The Morgan fingerprint density at radius 2 is 1.86 bits per heavy atom. The predicted octanol–water partition coefficient (Wildman–Crippen LogP) is 5.32. The number of carbonyl (C=O) groups is 1. The lowest BCUT2D eigenvalue weighted by Crippen LogP contribution is -2.30. The molecule has 0 saturated carbocycles. The number of hydrogen-bond acceptors (Lipinski definition) is 4. The summed E-state index contributed by atoms with van der Waals surface area (Å²) in [5, 5.41) is 6.55. The number of carbonyl (C=O) groups excluding carboxylic acids is 1. The third kappa shape index (κ3) is 5.81. The summed E-state index contributed by atoms with van der Waals surface area (Å²) in [5.74, 6) is 1.04. The molecule has 0 spiro atoms. The maximum Gasteiger partial charge on any atom is 0.257 e. The second kappa shape index (κ2) is 9.71. The maximum absolute atomic E-state index is 12.0. The van der Waals surface area contributed by atoms with E-state index in [0.717, 1.165) is 16.3 Å². The Hall–Kier alpha value is -2.37. The smallest absolute Gasteiger partial charge is 0.257 e. The molecule has 0 atom stereocenters. The number of nitrogens with zero attached hydrogens (tertiary/aromatic N) is 1. The molecular formula is C22H23ClN2O2S. The highest BCUT2D eigenvalue weighted by Gasteiger charge is 2.07. The summed E-state index contributed by atoms with van der Waals surface area (Å²) < 4.78 is 5.54. The number of amides is 1. The van der Waals surface area contributed by atoms with Gasteiger partial charge in [-0.2, -0.15) is 0 Å². The summed E-state index contributed by atoms with van der Waals surface area (Å²) in [5.41, 5.74) is 3.25. The van der Waals surface area contributed by atoms with Gasteiger partial charge in [0.05, 0.1) is 5.69 Å². The number of halogens is 1. The van der Waals surface area contributed by atoms with E-state index in [-0.39, 0.29) is 12.5 Å². The van der Waals surface area contributed by atoms with Crippen molar-refractivity contribution < 1.29 is 9.53 Å². The van der Waals surface area contributed by atoms with Crippen molar-refractivity contribution in [1.82, 2.24) is 10.3 Å². The topological polar surface area (TPSA) is 51.2 Å². The molecule has 1 aromatic heterocycles. The van der Waals surface area contributed by atoms with Crippen molar-refractivity contribution in [3.63, 3.8) is 0 Å². The molecule has 0 saturated heterocycles. The van der Waals surface area contributed by atoms with Gasteiger partial charge in [-0.1, -0.05) is 49.7 Å². The molecule has 1 heterocycles. The molecule has 146 valence electrons. The van der Waals surface area contributed by atoms with Gasteiger partial charge in [-0.05, 0) is 35.7 Å². The van der Waals surface area contributed by atoms with Crippen LogP contribution in [0.25, 0.3) is 10.6 Å². The second-order valence-corrected chi connectivity index (χ2v) is 8.06. The molecule has 0 aliphatic heterocycles. The van der Waals surface area contributed by atoms with Gasteiger partial charge in [0.15, 0.2) is 6.61 Å². The van der Waals surface area contributed by atoms with E-state index in [4.69, 9.17) is 16.3 Å². The largest absolute Gasteiger partial charge is 0.484 e. The van der Waals surface area contributed by atoms with Crippen LogP contribution in [0.1, 0.15) is 31.0 Å². The zero-order chi connectivity index (χ0) is 19.9. The molecule has 6 heteroatoms. The van der Waals surface area contributed by atoms with Crippen molar-refractivity contribution in [2.24, 2.45) is 0 Å². The third-order valence-electron chi connectivity index (χ3n) is 4.26. The average Bonchev–Trinajstić information content (AvgIpc) is 3.16. The van der Waals surface area contributed by atoms with Gasteiger partial charge in [-0.25, -0.2) is 4.98 Å². The summed E-state index contributed by atoms with van der Waals surface area (Å²) in [4.78, 5) is 16.6. The third-order valence-corrected chi connectivity index (χ3v) is 5.46. The molecule has 0 radical (unpaired) electrons. The average molecular weight is 415 g/mol. The van der Waals surface area contributed by atoms with E-state index in [2.05, 4.69) is 24.1 Å². The Morgan fingerprint density at radius 1 is 1.14 bits per heavy atom. The van der Waals surface area contributed by atoms with Crippen molar-refractivity contribution in [3.05, 3.63) is 70.2 Å². The molecule has 0 bridgehead atoms. The lowest BCUT2D eigenvalue weighted by molar-refractivity contribution is -0.123. The quantitative estimate of drug-likeness (QED) is 0.542. The van der Waals surface area contributed by atoms with E-state index in [0.29, 0.717) is 29.7 Å². The van der Waals surface area contributed by atoms with Crippen LogP contribution in [-0.4, -0.2) is 24.0 Å². The minimum Gasteiger partial charge on any atom is -0.484 e. The molecule has 0 aliphatic carbocycles. The van der Waals surface area contributed by atoms with E-state index in [1.54, 1.807) is 11.3 Å². The van der Waals surface area contributed by atoms with Gasteiger partial charge in [-0.15, -0.1) is 11.3 Å².